The highest BCUT2D eigenvalue weighted by Gasteiger charge is 2.26. The SMILES string of the molecule is CCN(C(=O)N1CCN(c2ccccc2OC)CC1)c1cccc(C)c1. The second-order valence-electron chi connectivity index (χ2n) is 6.51. The number of anilines is 2. The Morgan fingerprint density at radius 1 is 1.08 bits per heavy atom. The van der Waals surface area contributed by atoms with Crippen LogP contribution < -0.4 is 14.5 Å². The van der Waals surface area contributed by atoms with Crippen LogP contribution in [0.25, 0.3) is 0 Å². The zero-order chi connectivity index (χ0) is 18.5. The third-order valence-corrected chi connectivity index (χ3v) is 4.84. The Hall–Kier alpha value is -2.69. The standard InChI is InChI=1S/C21H27N3O2/c1-4-24(18-9-7-8-17(2)16-18)21(25)23-14-12-22(13-15-23)19-10-5-6-11-20(19)26-3/h5-11,16H,4,12-15H2,1-3H3. The van der Waals surface area contributed by atoms with Crippen LogP contribution in [0.5, 0.6) is 5.75 Å². The van der Waals surface area contributed by atoms with Crippen molar-refractivity contribution in [2.75, 3.05) is 49.6 Å². The Labute approximate surface area is 155 Å². The van der Waals surface area contributed by atoms with Crippen molar-refractivity contribution in [3.8, 4) is 5.75 Å². The number of piperazine rings is 1. The summed E-state index contributed by atoms with van der Waals surface area (Å²) in [7, 11) is 1.69. The van der Waals surface area contributed by atoms with E-state index in [1.807, 2.05) is 60.0 Å². The molecule has 5 nitrogen and oxygen atoms in total. The van der Waals surface area contributed by atoms with Crippen LogP contribution in [0.3, 0.4) is 0 Å². The Bertz CT molecular complexity index is 754. The lowest BCUT2D eigenvalue weighted by Gasteiger charge is -2.38. The molecule has 3 rings (SSSR count). The molecule has 1 aliphatic rings. The quantitative estimate of drug-likeness (QED) is 0.839. The molecule has 0 unspecified atom stereocenters. The molecule has 138 valence electrons. The Morgan fingerprint density at radius 2 is 1.81 bits per heavy atom. The topological polar surface area (TPSA) is 36.0 Å². The number of para-hydroxylation sites is 2. The Kier molecular flexibility index (Phi) is 5.66. The van der Waals surface area contributed by atoms with Gasteiger partial charge in [-0.25, -0.2) is 4.79 Å². The van der Waals surface area contributed by atoms with E-state index in [9.17, 15) is 4.79 Å². The summed E-state index contributed by atoms with van der Waals surface area (Å²) in [4.78, 5) is 19.1. The van der Waals surface area contributed by atoms with Crippen LogP contribution in [-0.4, -0.2) is 50.8 Å². The molecule has 2 aromatic carbocycles. The van der Waals surface area contributed by atoms with E-state index in [0.717, 1.165) is 35.8 Å². The number of carbonyl (C=O) groups excluding carboxylic acids is 1. The lowest BCUT2D eigenvalue weighted by molar-refractivity contribution is 0.201. The van der Waals surface area contributed by atoms with E-state index in [-0.39, 0.29) is 6.03 Å². The van der Waals surface area contributed by atoms with Crippen molar-refractivity contribution in [1.82, 2.24) is 4.90 Å². The van der Waals surface area contributed by atoms with Gasteiger partial charge in [0.2, 0.25) is 0 Å². The molecule has 1 saturated heterocycles. The molecule has 1 aliphatic heterocycles. The van der Waals surface area contributed by atoms with Gasteiger partial charge in [0.1, 0.15) is 5.75 Å². The van der Waals surface area contributed by atoms with Crippen molar-refractivity contribution >= 4 is 17.4 Å². The second-order valence-corrected chi connectivity index (χ2v) is 6.51. The molecular formula is C21H27N3O2. The molecule has 0 aliphatic carbocycles. The summed E-state index contributed by atoms with van der Waals surface area (Å²) < 4.78 is 5.47. The van der Waals surface area contributed by atoms with Crippen molar-refractivity contribution in [2.45, 2.75) is 13.8 Å². The lowest BCUT2D eigenvalue weighted by Crippen LogP contribution is -2.53. The van der Waals surface area contributed by atoms with Crippen LogP contribution in [0.2, 0.25) is 0 Å². The zero-order valence-corrected chi connectivity index (χ0v) is 15.8. The first-order chi connectivity index (χ1) is 12.6. The number of nitrogens with zero attached hydrogens (tertiary/aromatic N) is 3. The van der Waals surface area contributed by atoms with Crippen molar-refractivity contribution < 1.29 is 9.53 Å². The molecule has 0 bridgehead atoms. The van der Waals surface area contributed by atoms with Crippen LogP contribution in [0.4, 0.5) is 16.2 Å². The van der Waals surface area contributed by atoms with Gasteiger partial charge in [-0.1, -0.05) is 24.3 Å². The molecule has 0 saturated carbocycles. The fourth-order valence-corrected chi connectivity index (χ4v) is 3.42. The van der Waals surface area contributed by atoms with Crippen LogP contribution in [-0.2, 0) is 0 Å². The monoisotopic (exact) mass is 353 g/mol. The van der Waals surface area contributed by atoms with Gasteiger partial charge in [0.15, 0.2) is 0 Å². The van der Waals surface area contributed by atoms with Gasteiger partial charge in [-0.3, -0.25) is 4.90 Å². The smallest absolute Gasteiger partial charge is 0.324 e. The molecule has 1 heterocycles. The molecule has 0 N–H and O–H groups in total. The minimum Gasteiger partial charge on any atom is -0.495 e. The number of hydrogen-bond acceptors (Lipinski definition) is 3. The van der Waals surface area contributed by atoms with Crippen LogP contribution in [0.15, 0.2) is 48.5 Å². The third kappa shape index (κ3) is 3.77. The van der Waals surface area contributed by atoms with E-state index < -0.39 is 0 Å². The van der Waals surface area contributed by atoms with Crippen LogP contribution in [0, 0.1) is 6.92 Å². The third-order valence-electron chi connectivity index (χ3n) is 4.84. The van der Waals surface area contributed by atoms with E-state index in [2.05, 4.69) is 17.0 Å². The van der Waals surface area contributed by atoms with E-state index in [1.54, 1.807) is 7.11 Å². The molecule has 2 amide bonds. The summed E-state index contributed by atoms with van der Waals surface area (Å²) in [5, 5.41) is 0. The molecule has 2 aromatic rings. The fourth-order valence-electron chi connectivity index (χ4n) is 3.42. The number of rotatable bonds is 4. The van der Waals surface area contributed by atoms with E-state index in [4.69, 9.17) is 4.74 Å². The number of hydrogen-bond donors (Lipinski definition) is 0. The number of amides is 2. The molecule has 0 spiro atoms. The summed E-state index contributed by atoms with van der Waals surface area (Å²) in [5.41, 5.74) is 3.22. The number of aryl methyl sites for hydroxylation is 1. The molecular weight excluding hydrogens is 326 g/mol. The molecule has 0 atom stereocenters. The van der Waals surface area contributed by atoms with Crippen molar-refractivity contribution in [2.24, 2.45) is 0 Å². The molecule has 0 radical (unpaired) electrons. The van der Waals surface area contributed by atoms with Gasteiger partial charge >= 0.3 is 6.03 Å². The molecule has 26 heavy (non-hydrogen) atoms. The zero-order valence-electron chi connectivity index (χ0n) is 15.8. The van der Waals surface area contributed by atoms with Crippen LogP contribution >= 0.6 is 0 Å². The normalized spacial score (nSPS) is 14.3. The number of methoxy groups -OCH3 is 1. The molecule has 5 heteroatoms. The highest BCUT2D eigenvalue weighted by Crippen LogP contribution is 2.28. The number of carbonyl (C=O) groups is 1. The van der Waals surface area contributed by atoms with E-state index >= 15 is 0 Å². The fraction of sp³-hybridized carbons (Fsp3) is 0.381. The Morgan fingerprint density at radius 3 is 2.46 bits per heavy atom. The van der Waals surface area contributed by atoms with Crippen molar-refractivity contribution in [1.29, 1.82) is 0 Å². The number of ether oxygens (including phenoxy) is 1. The van der Waals surface area contributed by atoms with Gasteiger partial charge in [0, 0.05) is 38.4 Å². The average Bonchev–Trinajstić information content (AvgIpc) is 2.68. The summed E-state index contributed by atoms with van der Waals surface area (Å²) >= 11 is 0. The van der Waals surface area contributed by atoms with Crippen LogP contribution in [0.1, 0.15) is 12.5 Å². The number of urea groups is 1. The van der Waals surface area contributed by atoms with Gasteiger partial charge in [-0.2, -0.15) is 0 Å². The minimum absolute atomic E-state index is 0.0813. The minimum atomic E-state index is 0.0813. The predicted molar refractivity (Wildman–Crippen MR) is 106 cm³/mol. The van der Waals surface area contributed by atoms with E-state index in [1.165, 1.54) is 0 Å². The highest BCUT2D eigenvalue weighted by molar-refractivity contribution is 5.92. The second kappa shape index (κ2) is 8.13. The predicted octanol–water partition coefficient (Wildman–Crippen LogP) is 3.77. The first-order valence-corrected chi connectivity index (χ1v) is 9.15. The average molecular weight is 353 g/mol. The first kappa shape index (κ1) is 18.1. The summed E-state index contributed by atoms with van der Waals surface area (Å²) in [5.74, 6) is 0.877. The van der Waals surface area contributed by atoms with Gasteiger partial charge in [-0.15, -0.1) is 0 Å². The largest absolute Gasteiger partial charge is 0.495 e. The van der Waals surface area contributed by atoms with Crippen molar-refractivity contribution in [3.05, 3.63) is 54.1 Å². The Balaban J connectivity index is 1.68. The lowest BCUT2D eigenvalue weighted by atomic mass is 10.2. The summed E-state index contributed by atoms with van der Waals surface area (Å²) in [6, 6.07) is 16.2. The van der Waals surface area contributed by atoms with Crippen molar-refractivity contribution in [3.63, 3.8) is 0 Å². The maximum atomic E-state index is 13.0. The van der Waals surface area contributed by atoms with Gasteiger partial charge < -0.3 is 14.5 Å². The van der Waals surface area contributed by atoms with E-state index in [0.29, 0.717) is 19.6 Å². The van der Waals surface area contributed by atoms with Gasteiger partial charge in [0.05, 0.1) is 12.8 Å². The maximum absolute atomic E-state index is 13.0. The first-order valence-electron chi connectivity index (χ1n) is 9.15. The molecule has 1 fully saturated rings. The van der Waals surface area contributed by atoms with Gasteiger partial charge in [0.25, 0.3) is 0 Å². The van der Waals surface area contributed by atoms with Gasteiger partial charge in [-0.05, 0) is 43.7 Å². The molecule has 0 aromatic heterocycles. The summed E-state index contributed by atoms with van der Waals surface area (Å²) in [6.45, 7) is 7.75. The number of benzene rings is 2. The highest BCUT2D eigenvalue weighted by atomic mass is 16.5. The summed E-state index contributed by atoms with van der Waals surface area (Å²) in [6.07, 6.45) is 0. The maximum Gasteiger partial charge on any atom is 0.324 e.